The van der Waals surface area contributed by atoms with Crippen molar-refractivity contribution in [2.75, 3.05) is 33.1 Å². The van der Waals surface area contributed by atoms with Gasteiger partial charge in [0.25, 0.3) is 10.1 Å². The number of nitrogens with zero attached hydrogens (tertiary/aromatic N) is 2. The first-order valence-corrected chi connectivity index (χ1v) is 15.6. The maximum atomic E-state index is 11.8. The summed E-state index contributed by atoms with van der Waals surface area (Å²) in [7, 11) is 1.94. The van der Waals surface area contributed by atoms with E-state index in [1.807, 2.05) is 46.4 Å². The molecule has 0 unspecified atom stereocenters. The first-order valence-electron chi connectivity index (χ1n) is 10.9. The molecule has 1 N–H and O–H groups in total. The third-order valence-electron chi connectivity index (χ3n) is 6.55. The molecular weight excluding hydrogens is 448 g/mol. The monoisotopic (exact) mass is 479 g/mol. The van der Waals surface area contributed by atoms with Gasteiger partial charge in [-0.05, 0) is 56.4 Å². The fourth-order valence-corrected chi connectivity index (χ4v) is 8.47. The van der Waals surface area contributed by atoms with Crippen LogP contribution in [0.3, 0.4) is 0 Å². The smallest absolute Gasteiger partial charge is 0.269 e. The van der Waals surface area contributed by atoms with Crippen LogP contribution in [-0.4, -0.2) is 59.5 Å². The SMILES string of the molecule is CN(C)c1ccc2c(c1)[Si](C)(C)C1=CC(=[N+](C)C)C=CC1=C2c1ccccc1CS(=O)(=O)O. The highest BCUT2D eigenvalue weighted by Crippen LogP contribution is 2.42. The molecule has 4 rings (SSSR count). The van der Waals surface area contributed by atoms with E-state index >= 15 is 0 Å². The van der Waals surface area contributed by atoms with Gasteiger partial charge in [-0.25, -0.2) is 4.58 Å². The summed E-state index contributed by atoms with van der Waals surface area (Å²) in [5, 5.41) is 2.66. The molecule has 2 aromatic rings. The van der Waals surface area contributed by atoms with Crippen molar-refractivity contribution in [3.63, 3.8) is 0 Å². The van der Waals surface area contributed by atoms with Crippen molar-refractivity contribution in [1.29, 1.82) is 0 Å². The Kier molecular flexibility index (Phi) is 5.84. The van der Waals surface area contributed by atoms with E-state index in [0.29, 0.717) is 5.56 Å². The van der Waals surface area contributed by atoms with E-state index in [9.17, 15) is 13.0 Å². The van der Waals surface area contributed by atoms with Crippen molar-refractivity contribution in [1.82, 2.24) is 0 Å². The van der Waals surface area contributed by atoms with Gasteiger partial charge in [0.1, 0.15) is 27.9 Å². The van der Waals surface area contributed by atoms with Gasteiger partial charge in [-0.1, -0.05) is 43.4 Å². The number of fused-ring (bicyclic) bond motifs is 2. The van der Waals surface area contributed by atoms with Crippen LogP contribution in [-0.2, 0) is 15.9 Å². The largest absolute Gasteiger partial charge is 0.378 e. The highest BCUT2D eigenvalue weighted by atomic mass is 32.2. The van der Waals surface area contributed by atoms with E-state index < -0.39 is 23.9 Å². The lowest BCUT2D eigenvalue weighted by Gasteiger charge is -2.38. The molecule has 0 saturated heterocycles. The molecule has 1 aliphatic heterocycles. The summed E-state index contributed by atoms with van der Waals surface area (Å²) in [5.41, 5.74) is 7.05. The van der Waals surface area contributed by atoms with Crippen LogP contribution in [0, 0.1) is 0 Å². The van der Waals surface area contributed by atoms with E-state index in [2.05, 4.69) is 59.0 Å². The molecule has 0 aromatic heterocycles. The summed E-state index contributed by atoms with van der Waals surface area (Å²) in [5.74, 6) is -0.413. The van der Waals surface area contributed by atoms with Gasteiger partial charge in [-0.15, -0.1) is 0 Å². The summed E-state index contributed by atoms with van der Waals surface area (Å²) >= 11 is 0. The van der Waals surface area contributed by atoms with Crippen molar-refractivity contribution in [2.24, 2.45) is 0 Å². The van der Waals surface area contributed by atoms with E-state index in [1.165, 1.54) is 10.4 Å². The van der Waals surface area contributed by atoms with Gasteiger partial charge in [0.15, 0.2) is 5.71 Å². The second-order valence-corrected chi connectivity index (χ2v) is 15.4. The number of anilines is 1. The first-order chi connectivity index (χ1) is 15.4. The Labute approximate surface area is 197 Å². The van der Waals surface area contributed by atoms with Crippen LogP contribution in [0.2, 0.25) is 13.1 Å². The maximum Gasteiger partial charge on any atom is 0.269 e. The minimum absolute atomic E-state index is 0.413. The summed E-state index contributed by atoms with van der Waals surface area (Å²) in [6.45, 7) is 4.76. The van der Waals surface area contributed by atoms with E-state index in [-0.39, 0.29) is 0 Å². The lowest BCUT2D eigenvalue weighted by Crippen LogP contribution is -2.49. The van der Waals surface area contributed by atoms with Gasteiger partial charge >= 0.3 is 0 Å². The second-order valence-electron chi connectivity index (χ2n) is 9.63. The van der Waals surface area contributed by atoms with Crippen LogP contribution in [0.15, 0.2) is 71.5 Å². The molecular formula is C26H31N2O3SSi+. The van der Waals surface area contributed by atoms with Crippen LogP contribution in [0.25, 0.3) is 5.57 Å². The van der Waals surface area contributed by atoms with E-state index in [4.69, 9.17) is 0 Å². The summed E-state index contributed by atoms with van der Waals surface area (Å²) in [6.07, 6.45) is 6.58. The van der Waals surface area contributed by atoms with Crippen LogP contribution in [0.5, 0.6) is 0 Å². The molecule has 172 valence electrons. The summed E-state index contributed by atoms with van der Waals surface area (Å²) in [4.78, 5) is 2.11. The molecule has 2 aliphatic rings. The van der Waals surface area contributed by atoms with Crippen LogP contribution >= 0.6 is 0 Å². The minimum Gasteiger partial charge on any atom is -0.378 e. The van der Waals surface area contributed by atoms with Crippen molar-refractivity contribution < 1.29 is 17.5 Å². The van der Waals surface area contributed by atoms with Crippen LogP contribution < -0.4 is 10.1 Å². The summed E-state index contributed by atoms with van der Waals surface area (Å²) < 4.78 is 35.4. The summed E-state index contributed by atoms with van der Waals surface area (Å²) in [6, 6.07) is 14.1. The Morgan fingerprint density at radius 1 is 1.00 bits per heavy atom. The fraction of sp³-hybridized carbons (Fsp3) is 0.269. The van der Waals surface area contributed by atoms with Crippen molar-refractivity contribution in [2.45, 2.75) is 18.8 Å². The molecule has 0 fully saturated rings. The second kappa shape index (κ2) is 8.24. The van der Waals surface area contributed by atoms with Crippen molar-refractivity contribution >= 4 is 40.4 Å². The number of hydrogen-bond acceptors (Lipinski definition) is 3. The van der Waals surface area contributed by atoms with E-state index in [1.54, 1.807) is 6.07 Å². The minimum atomic E-state index is -4.17. The molecule has 0 bridgehead atoms. The number of hydrogen-bond donors (Lipinski definition) is 1. The third-order valence-corrected chi connectivity index (χ3v) is 10.7. The molecule has 5 nitrogen and oxygen atoms in total. The Morgan fingerprint density at radius 3 is 2.33 bits per heavy atom. The molecule has 33 heavy (non-hydrogen) atoms. The Hall–Kier alpha value is -2.74. The zero-order chi connectivity index (χ0) is 24.1. The zero-order valence-corrected chi connectivity index (χ0v) is 21.9. The Morgan fingerprint density at radius 2 is 1.70 bits per heavy atom. The highest BCUT2D eigenvalue weighted by molar-refractivity contribution is 7.85. The molecule has 0 saturated carbocycles. The molecule has 2 aromatic carbocycles. The normalized spacial score (nSPS) is 16.8. The maximum absolute atomic E-state index is 11.8. The lowest BCUT2D eigenvalue weighted by atomic mass is 9.87. The highest BCUT2D eigenvalue weighted by Gasteiger charge is 2.40. The van der Waals surface area contributed by atoms with Crippen molar-refractivity contribution in [3.05, 3.63) is 88.2 Å². The van der Waals surface area contributed by atoms with Gasteiger partial charge in [0.05, 0.1) is 0 Å². The molecule has 1 aliphatic carbocycles. The van der Waals surface area contributed by atoms with Gasteiger partial charge < -0.3 is 4.90 Å². The fourth-order valence-electron chi connectivity index (χ4n) is 4.76. The molecule has 0 spiro atoms. The van der Waals surface area contributed by atoms with Gasteiger partial charge in [-0.3, -0.25) is 4.55 Å². The standard InChI is InChI=1S/C26H30N2O3SSi/c1-27(2)19-11-13-22-24(15-19)33(5,6)25-16-20(28(3)4)12-14-23(25)26(22)21-10-8-7-9-18(21)17-32(29,30)31/h7-16H,17H2,1-6H3/p+1. The molecule has 0 radical (unpaired) electrons. The average molecular weight is 480 g/mol. The van der Waals surface area contributed by atoms with Crippen LogP contribution in [0.1, 0.15) is 16.7 Å². The Balaban J connectivity index is 2.10. The zero-order valence-electron chi connectivity index (χ0n) is 20.0. The number of benzene rings is 2. The van der Waals surface area contributed by atoms with Gasteiger partial charge in [-0.2, -0.15) is 8.42 Å². The molecule has 7 heteroatoms. The van der Waals surface area contributed by atoms with Gasteiger partial charge in [0, 0.05) is 31.9 Å². The quantitative estimate of drug-likeness (QED) is 0.413. The predicted octanol–water partition coefficient (Wildman–Crippen LogP) is 3.62. The third kappa shape index (κ3) is 4.28. The van der Waals surface area contributed by atoms with Crippen LogP contribution in [0.4, 0.5) is 5.69 Å². The molecule has 1 heterocycles. The lowest BCUT2D eigenvalue weighted by molar-refractivity contribution is -0.462. The number of allylic oxidation sites excluding steroid dienone is 5. The van der Waals surface area contributed by atoms with Gasteiger partial charge in [0.2, 0.25) is 0 Å². The molecule has 0 atom stereocenters. The molecule has 0 amide bonds. The van der Waals surface area contributed by atoms with Crippen molar-refractivity contribution in [3.8, 4) is 0 Å². The average Bonchev–Trinajstić information content (AvgIpc) is 2.73. The first kappa shape index (κ1) is 23.4. The van der Waals surface area contributed by atoms with E-state index in [0.717, 1.165) is 33.7 Å². The Bertz CT molecular complexity index is 1380. The predicted molar refractivity (Wildman–Crippen MR) is 140 cm³/mol. The number of rotatable bonds is 4. The topological polar surface area (TPSA) is 60.6 Å².